The number of amides is 1. The summed E-state index contributed by atoms with van der Waals surface area (Å²) in [6.45, 7) is 2.98. The Balaban J connectivity index is 1.72. The topological polar surface area (TPSA) is 125 Å². The van der Waals surface area contributed by atoms with E-state index in [0.29, 0.717) is 28.9 Å². The quantitative estimate of drug-likeness (QED) is 0.193. The molecule has 0 aliphatic heterocycles. The van der Waals surface area contributed by atoms with Crippen LogP contribution in [0.1, 0.15) is 40.9 Å². The lowest BCUT2D eigenvalue weighted by Crippen LogP contribution is -2.28. The summed E-state index contributed by atoms with van der Waals surface area (Å²) < 4.78 is 10.8. The second-order valence-electron chi connectivity index (χ2n) is 7.64. The minimum atomic E-state index is -1.36. The number of benzene rings is 3. The van der Waals surface area contributed by atoms with Crippen molar-refractivity contribution < 1.29 is 28.8 Å². The fraction of sp³-hybridized carbons (Fsp3) is 0.192. The Kier molecular flexibility index (Phi) is 8.29. The number of nitrogens with one attached hydrogen (secondary N) is 1. The SMILES string of the molecule is CCC(=O)c1ccc(OCC(=O)OC(C(=O)Nc2ccc(C)cc2[N+](=O)[O-])c2ccccc2)cc1. The summed E-state index contributed by atoms with van der Waals surface area (Å²) in [7, 11) is 0. The molecular formula is C26H24N2O7. The highest BCUT2D eigenvalue weighted by molar-refractivity contribution is 5.98. The average molecular weight is 476 g/mol. The van der Waals surface area contributed by atoms with Gasteiger partial charge in [-0.1, -0.05) is 43.3 Å². The van der Waals surface area contributed by atoms with Gasteiger partial charge in [-0.25, -0.2) is 4.79 Å². The molecule has 1 atom stereocenters. The third kappa shape index (κ3) is 6.73. The lowest BCUT2D eigenvalue weighted by atomic mass is 10.1. The number of Topliss-reactive ketones (excluding diaryl/α,β-unsaturated/α-hetero) is 1. The number of hydrogen-bond donors (Lipinski definition) is 1. The molecule has 0 heterocycles. The number of rotatable bonds is 10. The van der Waals surface area contributed by atoms with E-state index in [2.05, 4.69) is 5.32 Å². The summed E-state index contributed by atoms with van der Waals surface area (Å²) in [5, 5.41) is 13.9. The van der Waals surface area contributed by atoms with E-state index in [9.17, 15) is 24.5 Å². The molecular weight excluding hydrogens is 452 g/mol. The summed E-state index contributed by atoms with van der Waals surface area (Å²) in [6, 6.07) is 19.0. The highest BCUT2D eigenvalue weighted by atomic mass is 16.6. The predicted octanol–water partition coefficient (Wildman–Crippen LogP) is 4.80. The van der Waals surface area contributed by atoms with Gasteiger partial charge in [-0.2, -0.15) is 0 Å². The Hall–Kier alpha value is -4.53. The van der Waals surface area contributed by atoms with Crippen molar-refractivity contribution in [3.05, 3.63) is 99.6 Å². The molecule has 0 aromatic heterocycles. The van der Waals surface area contributed by atoms with Crippen molar-refractivity contribution in [1.29, 1.82) is 0 Å². The maximum absolute atomic E-state index is 13.0. The number of nitrogens with zero attached hydrogens (tertiary/aromatic N) is 1. The lowest BCUT2D eigenvalue weighted by Gasteiger charge is -2.18. The number of aryl methyl sites for hydroxylation is 1. The zero-order valence-corrected chi connectivity index (χ0v) is 19.2. The van der Waals surface area contributed by atoms with E-state index in [1.807, 2.05) is 0 Å². The predicted molar refractivity (Wildman–Crippen MR) is 128 cm³/mol. The van der Waals surface area contributed by atoms with Gasteiger partial charge in [0.1, 0.15) is 11.4 Å². The number of anilines is 1. The number of nitro benzene ring substituents is 1. The summed E-state index contributed by atoms with van der Waals surface area (Å²) in [4.78, 5) is 48.1. The second-order valence-corrected chi connectivity index (χ2v) is 7.64. The van der Waals surface area contributed by atoms with Gasteiger partial charge in [0, 0.05) is 23.6 Å². The van der Waals surface area contributed by atoms with Gasteiger partial charge in [-0.15, -0.1) is 0 Å². The molecule has 3 aromatic carbocycles. The maximum atomic E-state index is 13.0. The van der Waals surface area contributed by atoms with Gasteiger partial charge in [-0.05, 0) is 42.8 Å². The Morgan fingerprint density at radius 1 is 1.00 bits per heavy atom. The number of hydrogen-bond acceptors (Lipinski definition) is 7. The van der Waals surface area contributed by atoms with E-state index in [1.54, 1.807) is 74.5 Å². The average Bonchev–Trinajstić information content (AvgIpc) is 2.87. The summed E-state index contributed by atoms with van der Waals surface area (Å²) >= 11 is 0. The van der Waals surface area contributed by atoms with E-state index in [-0.39, 0.29) is 17.2 Å². The first-order valence-corrected chi connectivity index (χ1v) is 10.8. The zero-order valence-electron chi connectivity index (χ0n) is 19.2. The number of nitro groups is 1. The summed E-state index contributed by atoms with van der Waals surface area (Å²) in [6.07, 6.45) is -0.987. The van der Waals surface area contributed by atoms with Crippen LogP contribution in [-0.2, 0) is 14.3 Å². The molecule has 0 aliphatic rings. The molecule has 9 heteroatoms. The summed E-state index contributed by atoms with van der Waals surface area (Å²) in [5.74, 6) is -1.23. The van der Waals surface area contributed by atoms with Gasteiger partial charge in [0.15, 0.2) is 12.4 Å². The van der Waals surface area contributed by atoms with Crippen molar-refractivity contribution in [3.8, 4) is 5.75 Å². The van der Waals surface area contributed by atoms with Crippen LogP contribution in [0.3, 0.4) is 0 Å². The van der Waals surface area contributed by atoms with Crippen LogP contribution in [0, 0.1) is 17.0 Å². The van der Waals surface area contributed by atoms with Crippen LogP contribution in [0.2, 0.25) is 0 Å². The first kappa shape index (κ1) is 25.1. The van der Waals surface area contributed by atoms with E-state index in [1.165, 1.54) is 12.1 Å². The lowest BCUT2D eigenvalue weighted by molar-refractivity contribution is -0.384. The van der Waals surface area contributed by atoms with E-state index in [4.69, 9.17) is 9.47 Å². The van der Waals surface area contributed by atoms with Gasteiger partial charge in [0.05, 0.1) is 4.92 Å². The highest BCUT2D eigenvalue weighted by Gasteiger charge is 2.27. The largest absolute Gasteiger partial charge is 0.482 e. The fourth-order valence-corrected chi connectivity index (χ4v) is 3.25. The molecule has 3 aromatic rings. The molecule has 1 unspecified atom stereocenters. The second kappa shape index (κ2) is 11.6. The third-order valence-corrected chi connectivity index (χ3v) is 5.05. The molecule has 0 aliphatic carbocycles. The molecule has 0 saturated heterocycles. The monoisotopic (exact) mass is 476 g/mol. The molecule has 0 spiro atoms. The van der Waals surface area contributed by atoms with Crippen LogP contribution in [0.15, 0.2) is 72.8 Å². The normalized spacial score (nSPS) is 11.3. The molecule has 3 rings (SSSR count). The minimum Gasteiger partial charge on any atom is -0.482 e. The van der Waals surface area contributed by atoms with Gasteiger partial charge < -0.3 is 14.8 Å². The van der Waals surface area contributed by atoms with Crippen LogP contribution >= 0.6 is 0 Å². The summed E-state index contributed by atoms with van der Waals surface area (Å²) in [5.41, 5.74) is 1.29. The van der Waals surface area contributed by atoms with E-state index >= 15 is 0 Å². The Morgan fingerprint density at radius 3 is 2.31 bits per heavy atom. The number of ether oxygens (including phenoxy) is 2. The van der Waals surface area contributed by atoms with Crippen LogP contribution < -0.4 is 10.1 Å². The van der Waals surface area contributed by atoms with E-state index < -0.39 is 29.5 Å². The van der Waals surface area contributed by atoms with Crippen LogP contribution in [-0.4, -0.2) is 29.2 Å². The molecule has 1 amide bonds. The van der Waals surface area contributed by atoms with Crippen molar-refractivity contribution in [3.63, 3.8) is 0 Å². The molecule has 180 valence electrons. The number of carbonyl (C=O) groups is 3. The Bertz CT molecular complexity index is 1220. The molecule has 1 N–H and O–H groups in total. The highest BCUT2D eigenvalue weighted by Crippen LogP contribution is 2.28. The molecule has 0 fully saturated rings. The maximum Gasteiger partial charge on any atom is 0.345 e. The number of esters is 1. The number of ketones is 1. The van der Waals surface area contributed by atoms with Gasteiger partial charge in [0.25, 0.3) is 11.6 Å². The van der Waals surface area contributed by atoms with E-state index in [0.717, 1.165) is 0 Å². The third-order valence-electron chi connectivity index (χ3n) is 5.05. The fourth-order valence-electron chi connectivity index (χ4n) is 3.25. The van der Waals surface area contributed by atoms with Crippen LogP contribution in [0.25, 0.3) is 0 Å². The Labute approximate surface area is 201 Å². The van der Waals surface area contributed by atoms with Crippen molar-refractivity contribution in [2.75, 3.05) is 11.9 Å². The molecule has 0 radical (unpaired) electrons. The standard InChI is InChI=1S/C26H24N2O7/c1-3-23(29)18-10-12-20(13-11-18)34-16-24(30)35-25(19-7-5-4-6-8-19)26(31)27-21-14-9-17(2)15-22(21)28(32)33/h4-15,25H,3,16H2,1-2H3,(H,27,31). The minimum absolute atomic E-state index is 0.0125. The van der Waals surface area contributed by atoms with Gasteiger partial charge in [0.2, 0.25) is 6.10 Å². The van der Waals surface area contributed by atoms with Crippen LogP contribution in [0.4, 0.5) is 11.4 Å². The van der Waals surface area contributed by atoms with Gasteiger partial charge >= 0.3 is 5.97 Å². The van der Waals surface area contributed by atoms with Crippen LogP contribution in [0.5, 0.6) is 5.75 Å². The van der Waals surface area contributed by atoms with Crippen molar-refractivity contribution in [1.82, 2.24) is 0 Å². The zero-order chi connectivity index (χ0) is 25.4. The molecule has 9 nitrogen and oxygen atoms in total. The molecule has 0 bridgehead atoms. The first-order chi connectivity index (χ1) is 16.8. The molecule has 35 heavy (non-hydrogen) atoms. The molecule has 0 saturated carbocycles. The smallest absolute Gasteiger partial charge is 0.345 e. The van der Waals surface area contributed by atoms with Crippen molar-refractivity contribution >= 4 is 29.0 Å². The van der Waals surface area contributed by atoms with Gasteiger partial charge in [-0.3, -0.25) is 19.7 Å². The number of carbonyl (C=O) groups excluding carboxylic acids is 3. The first-order valence-electron chi connectivity index (χ1n) is 10.8. The van der Waals surface area contributed by atoms with Crippen molar-refractivity contribution in [2.24, 2.45) is 0 Å². The van der Waals surface area contributed by atoms with Crippen molar-refractivity contribution in [2.45, 2.75) is 26.4 Å². The Morgan fingerprint density at radius 2 is 1.69 bits per heavy atom.